The SMILES string of the molecule is CC(C)C(C#N)(CCCCC(=O)N1CC(O)CC1C(=O)NC(c1ccccc1)c1ccccc1)c1ccccc1. The van der Waals surface area contributed by atoms with E-state index in [1.165, 1.54) is 4.90 Å². The smallest absolute Gasteiger partial charge is 0.243 e. The summed E-state index contributed by atoms with van der Waals surface area (Å²) in [6.07, 6.45) is 1.72. The van der Waals surface area contributed by atoms with Gasteiger partial charge in [0, 0.05) is 19.4 Å². The summed E-state index contributed by atoms with van der Waals surface area (Å²) < 4.78 is 0. The predicted octanol–water partition coefficient (Wildman–Crippen LogP) is 5.53. The molecule has 6 nitrogen and oxygen atoms in total. The van der Waals surface area contributed by atoms with E-state index < -0.39 is 17.6 Å². The van der Waals surface area contributed by atoms with Gasteiger partial charge in [0.1, 0.15) is 6.04 Å². The number of unbranched alkanes of at least 4 members (excludes halogenated alkanes) is 1. The zero-order valence-electron chi connectivity index (χ0n) is 23.4. The summed E-state index contributed by atoms with van der Waals surface area (Å²) in [5, 5.41) is 23.7. The third-order valence-corrected chi connectivity index (χ3v) is 8.14. The zero-order chi connectivity index (χ0) is 28.5. The molecule has 2 N–H and O–H groups in total. The Labute approximate surface area is 237 Å². The summed E-state index contributed by atoms with van der Waals surface area (Å²) >= 11 is 0. The number of likely N-dealkylation sites (tertiary alicyclic amines) is 1. The molecule has 3 unspecified atom stereocenters. The number of nitriles is 1. The van der Waals surface area contributed by atoms with Gasteiger partial charge in [-0.1, -0.05) is 111 Å². The minimum atomic E-state index is -0.739. The highest BCUT2D eigenvalue weighted by atomic mass is 16.3. The van der Waals surface area contributed by atoms with Gasteiger partial charge >= 0.3 is 0 Å². The number of carbonyl (C=O) groups is 2. The number of aliphatic hydroxyl groups is 1. The molecule has 0 spiro atoms. The molecule has 1 fully saturated rings. The van der Waals surface area contributed by atoms with E-state index in [9.17, 15) is 20.0 Å². The average molecular weight is 538 g/mol. The lowest BCUT2D eigenvalue weighted by Gasteiger charge is -2.31. The molecule has 0 bridgehead atoms. The fraction of sp³-hybridized carbons (Fsp3) is 0.382. The molecular weight excluding hydrogens is 498 g/mol. The third-order valence-electron chi connectivity index (χ3n) is 8.14. The van der Waals surface area contributed by atoms with Crippen LogP contribution in [0.5, 0.6) is 0 Å². The Morgan fingerprint density at radius 2 is 1.50 bits per heavy atom. The lowest BCUT2D eigenvalue weighted by molar-refractivity contribution is -0.138. The molecule has 1 aliphatic rings. The minimum Gasteiger partial charge on any atom is -0.391 e. The Kier molecular flexibility index (Phi) is 9.74. The first-order chi connectivity index (χ1) is 19.4. The number of amides is 2. The van der Waals surface area contributed by atoms with Crippen molar-refractivity contribution in [3.8, 4) is 6.07 Å². The fourth-order valence-corrected chi connectivity index (χ4v) is 5.80. The quantitative estimate of drug-likeness (QED) is 0.315. The van der Waals surface area contributed by atoms with Gasteiger partial charge in [-0.2, -0.15) is 5.26 Å². The molecule has 3 aromatic rings. The van der Waals surface area contributed by atoms with Crippen molar-refractivity contribution in [2.45, 2.75) is 69.6 Å². The summed E-state index contributed by atoms with van der Waals surface area (Å²) in [7, 11) is 0. The highest BCUT2D eigenvalue weighted by Crippen LogP contribution is 2.37. The molecule has 3 aromatic carbocycles. The summed E-state index contributed by atoms with van der Waals surface area (Å²) in [5.74, 6) is -0.283. The van der Waals surface area contributed by atoms with Gasteiger partial charge in [-0.25, -0.2) is 0 Å². The van der Waals surface area contributed by atoms with Crippen LogP contribution in [0.4, 0.5) is 0 Å². The van der Waals surface area contributed by atoms with Crippen molar-refractivity contribution in [3.63, 3.8) is 0 Å². The highest BCUT2D eigenvalue weighted by Gasteiger charge is 2.40. The maximum Gasteiger partial charge on any atom is 0.243 e. The normalized spacial score (nSPS) is 18.4. The van der Waals surface area contributed by atoms with Gasteiger partial charge in [-0.15, -0.1) is 0 Å². The van der Waals surface area contributed by atoms with Gasteiger partial charge in [0.25, 0.3) is 0 Å². The maximum atomic E-state index is 13.5. The Bertz CT molecular complexity index is 1250. The van der Waals surface area contributed by atoms with E-state index in [4.69, 9.17) is 0 Å². The average Bonchev–Trinajstić information content (AvgIpc) is 3.39. The van der Waals surface area contributed by atoms with Crippen LogP contribution < -0.4 is 5.32 Å². The zero-order valence-corrected chi connectivity index (χ0v) is 23.4. The largest absolute Gasteiger partial charge is 0.391 e. The number of β-amino-alcohol motifs (C(OH)–C–C–N with tert-alkyl or cyclic N) is 1. The molecule has 0 aliphatic carbocycles. The minimum absolute atomic E-state index is 0.125. The van der Waals surface area contributed by atoms with Gasteiger partial charge in [0.15, 0.2) is 0 Å². The number of hydrogen-bond acceptors (Lipinski definition) is 4. The van der Waals surface area contributed by atoms with Crippen molar-refractivity contribution >= 4 is 11.8 Å². The molecule has 1 aliphatic heterocycles. The molecule has 2 amide bonds. The Morgan fingerprint density at radius 1 is 0.950 bits per heavy atom. The van der Waals surface area contributed by atoms with E-state index in [0.29, 0.717) is 19.3 Å². The molecular formula is C34H39N3O3. The van der Waals surface area contributed by atoms with Crippen molar-refractivity contribution in [2.75, 3.05) is 6.54 Å². The van der Waals surface area contributed by atoms with Crippen LogP contribution in [0.15, 0.2) is 91.0 Å². The molecule has 3 atom stereocenters. The fourth-order valence-electron chi connectivity index (χ4n) is 5.80. The molecule has 4 rings (SSSR count). The van der Waals surface area contributed by atoms with E-state index in [1.807, 2.05) is 91.0 Å². The topological polar surface area (TPSA) is 93.4 Å². The molecule has 0 aromatic heterocycles. The number of hydrogen-bond donors (Lipinski definition) is 2. The Balaban J connectivity index is 1.40. The molecule has 0 saturated carbocycles. The van der Waals surface area contributed by atoms with Crippen molar-refractivity contribution in [1.82, 2.24) is 10.2 Å². The summed E-state index contributed by atoms with van der Waals surface area (Å²) in [5.41, 5.74) is 2.29. The second kappa shape index (κ2) is 13.4. The predicted molar refractivity (Wildman–Crippen MR) is 156 cm³/mol. The highest BCUT2D eigenvalue weighted by molar-refractivity contribution is 5.89. The van der Waals surface area contributed by atoms with E-state index in [2.05, 4.69) is 25.2 Å². The summed E-state index contributed by atoms with van der Waals surface area (Å²) in [4.78, 5) is 28.4. The standard InChI is InChI=1S/C34H39N3O3/c1-25(2)34(24-35,28-18-10-5-11-19-28)21-13-12-20-31(39)37-23-29(38)22-30(37)33(40)36-32(26-14-6-3-7-15-26)27-16-8-4-9-17-27/h3-11,14-19,25,29-30,32,38H,12-13,20-23H2,1-2H3,(H,36,40). The lowest BCUT2D eigenvalue weighted by atomic mass is 9.69. The van der Waals surface area contributed by atoms with Crippen LogP contribution in [0.3, 0.4) is 0 Å². The van der Waals surface area contributed by atoms with Crippen LogP contribution in [-0.2, 0) is 15.0 Å². The summed E-state index contributed by atoms with van der Waals surface area (Å²) in [6.45, 7) is 4.28. The molecule has 1 saturated heterocycles. The van der Waals surface area contributed by atoms with Gasteiger partial charge in [-0.3, -0.25) is 9.59 Å². The van der Waals surface area contributed by atoms with Gasteiger partial charge in [-0.05, 0) is 35.4 Å². The number of benzene rings is 3. The Morgan fingerprint density at radius 3 is 2.02 bits per heavy atom. The van der Waals surface area contributed by atoms with Gasteiger partial charge in [0.05, 0.1) is 23.6 Å². The molecule has 6 heteroatoms. The lowest BCUT2D eigenvalue weighted by Crippen LogP contribution is -2.47. The van der Waals surface area contributed by atoms with Crippen molar-refractivity contribution in [1.29, 1.82) is 5.26 Å². The molecule has 1 heterocycles. The monoisotopic (exact) mass is 537 g/mol. The van der Waals surface area contributed by atoms with Crippen LogP contribution in [-0.4, -0.2) is 40.5 Å². The van der Waals surface area contributed by atoms with Gasteiger partial charge in [0.2, 0.25) is 11.8 Å². The van der Waals surface area contributed by atoms with Crippen molar-refractivity contribution in [2.24, 2.45) is 5.92 Å². The molecule has 208 valence electrons. The van der Waals surface area contributed by atoms with E-state index >= 15 is 0 Å². The second-order valence-electron chi connectivity index (χ2n) is 11.0. The van der Waals surface area contributed by atoms with Crippen LogP contribution in [0.1, 0.15) is 68.7 Å². The number of carbonyl (C=O) groups excluding carboxylic acids is 2. The van der Waals surface area contributed by atoms with E-state index in [1.54, 1.807) is 0 Å². The number of nitrogens with one attached hydrogen (secondary N) is 1. The van der Waals surface area contributed by atoms with E-state index in [-0.39, 0.29) is 43.2 Å². The van der Waals surface area contributed by atoms with Crippen LogP contribution >= 0.6 is 0 Å². The first-order valence-electron chi connectivity index (χ1n) is 14.2. The number of nitrogens with zero attached hydrogens (tertiary/aromatic N) is 2. The summed E-state index contributed by atoms with van der Waals surface area (Å²) in [6, 6.07) is 30.8. The first kappa shape index (κ1) is 29.0. The third kappa shape index (κ3) is 6.60. The van der Waals surface area contributed by atoms with Crippen molar-refractivity contribution in [3.05, 3.63) is 108 Å². The van der Waals surface area contributed by atoms with Crippen molar-refractivity contribution < 1.29 is 14.7 Å². The van der Waals surface area contributed by atoms with E-state index in [0.717, 1.165) is 16.7 Å². The second-order valence-corrected chi connectivity index (χ2v) is 11.0. The van der Waals surface area contributed by atoms with Crippen LogP contribution in [0.2, 0.25) is 0 Å². The van der Waals surface area contributed by atoms with Crippen LogP contribution in [0, 0.1) is 17.2 Å². The van der Waals surface area contributed by atoms with Gasteiger partial charge < -0.3 is 15.3 Å². The molecule has 0 radical (unpaired) electrons. The number of rotatable bonds is 11. The number of aliphatic hydroxyl groups excluding tert-OH is 1. The Hall–Kier alpha value is -3.95. The van der Waals surface area contributed by atoms with Crippen LogP contribution in [0.25, 0.3) is 0 Å². The first-order valence-corrected chi connectivity index (χ1v) is 14.2. The maximum absolute atomic E-state index is 13.5. The molecule has 40 heavy (non-hydrogen) atoms.